The molecule has 0 bridgehead atoms. The highest BCUT2D eigenvalue weighted by atomic mass is 16.2. The maximum atomic E-state index is 13.2. The molecule has 3 aromatic carbocycles. The van der Waals surface area contributed by atoms with Crippen molar-refractivity contribution in [2.24, 2.45) is 0 Å². The van der Waals surface area contributed by atoms with Gasteiger partial charge in [0.05, 0.1) is 11.4 Å². The third kappa shape index (κ3) is 5.04. The van der Waals surface area contributed by atoms with E-state index in [1.165, 1.54) is 5.56 Å². The van der Waals surface area contributed by atoms with Crippen molar-refractivity contribution in [3.05, 3.63) is 96.6 Å². The molecule has 0 radical (unpaired) electrons. The second-order valence-electron chi connectivity index (χ2n) is 7.48. The molecule has 0 spiro atoms. The molecule has 4 nitrogen and oxygen atoms in total. The summed E-state index contributed by atoms with van der Waals surface area (Å²) in [5.41, 5.74) is 3.10. The molecule has 2 amide bonds. The molecule has 1 N–H and O–H groups in total. The zero-order valence-electron chi connectivity index (χ0n) is 16.6. The van der Waals surface area contributed by atoms with Crippen molar-refractivity contribution in [2.45, 2.75) is 18.9 Å². The van der Waals surface area contributed by atoms with Gasteiger partial charge >= 0.3 is 6.03 Å². The number of nitrogens with zero attached hydrogens (tertiary/aromatic N) is 2. The molecule has 1 atom stereocenters. The summed E-state index contributed by atoms with van der Waals surface area (Å²) in [5.74, 6) is 0. The predicted octanol–water partition coefficient (Wildman–Crippen LogP) is 4.85. The monoisotopic (exact) mass is 385 g/mol. The van der Waals surface area contributed by atoms with E-state index in [0.717, 1.165) is 43.9 Å². The lowest BCUT2D eigenvalue weighted by molar-refractivity contribution is 0.244. The molecule has 0 aromatic heterocycles. The summed E-state index contributed by atoms with van der Waals surface area (Å²) in [6.45, 7) is 2.95. The average molecular weight is 386 g/mol. The lowest BCUT2D eigenvalue weighted by Gasteiger charge is -2.25. The number of nitrogens with one attached hydrogen (secondary N) is 1. The third-order valence-corrected chi connectivity index (χ3v) is 5.39. The van der Waals surface area contributed by atoms with Crippen molar-refractivity contribution in [1.29, 1.82) is 0 Å². The first-order valence-corrected chi connectivity index (χ1v) is 10.3. The van der Waals surface area contributed by atoms with Crippen LogP contribution in [0.2, 0.25) is 0 Å². The Bertz CT molecular complexity index is 860. The maximum Gasteiger partial charge on any atom is 0.326 e. The molecule has 4 heteroatoms. The van der Waals surface area contributed by atoms with Gasteiger partial charge in [0, 0.05) is 25.7 Å². The van der Waals surface area contributed by atoms with Crippen LogP contribution in [0.25, 0.3) is 0 Å². The van der Waals surface area contributed by atoms with E-state index in [0.29, 0.717) is 0 Å². The van der Waals surface area contributed by atoms with Gasteiger partial charge < -0.3 is 10.2 Å². The summed E-state index contributed by atoms with van der Waals surface area (Å²) in [7, 11) is 0. The number of urea groups is 1. The number of carbonyl (C=O) groups is 1. The number of amides is 2. The summed E-state index contributed by atoms with van der Waals surface area (Å²) in [6, 6.07) is 30.3. The quantitative estimate of drug-likeness (QED) is 0.658. The molecule has 29 heavy (non-hydrogen) atoms. The molecule has 1 aliphatic heterocycles. The fourth-order valence-corrected chi connectivity index (χ4v) is 3.86. The normalized spacial score (nSPS) is 16.5. The third-order valence-electron chi connectivity index (χ3n) is 5.39. The highest BCUT2D eigenvalue weighted by Crippen LogP contribution is 2.25. The van der Waals surface area contributed by atoms with Crippen molar-refractivity contribution in [2.75, 3.05) is 24.5 Å². The van der Waals surface area contributed by atoms with Crippen LogP contribution in [0.15, 0.2) is 91.0 Å². The molecule has 0 saturated carbocycles. The Morgan fingerprint density at radius 3 is 2.00 bits per heavy atom. The molecule has 4 rings (SSSR count). The summed E-state index contributed by atoms with van der Waals surface area (Å²) in [5, 5.41) is 3.25. The number of anilines is 2. The highest BCUT2D eigenvalue weighted by molar-refractivity contribution is 5.99. The Balaban J connectivity index is 1.38. The van der Waals surface area contributed by atoms with Crippen LogP contribution in [0, 0.1) is 0 Å². The number of rotatable bonds is 6. The summed E-state index contributed by atoms with van der Waals surface area (Å²) in [6.07, 6.45) is 2.03. The van der Waals surface area contributed by atoms with E-state index in [9.17, 15) is 4.79 Å². The molecule has 1 aliphatic rings. The first-order valence-electron chi connectivity index (χ1n) is 10.3. The zero-order chi connectivity index (χ0) is 19.9. The first kappa shape index (κ1) is 19.2. The van der Waals surface area contributed by atoms with E-state index in [-0.39, 0.29) is 12.1 Å². The number of para-hydroxylation sites is 2. The van der Waals surface area contributed by atoms with E-state index in [1.54, 1.807) is 4.90 Å². The van der Waals surface area contributed by atoms with Gasteiger partial charge in [-0.1, -0.05) is 66.7 Å². The van der Waals surface area contributed by atoms with Crippen molar-refractivity contribution >= 4 is 17.4 Å². The molecule has 3 aromatic rings. The smallest absolute Gasteiger partial charge is 0.326 e. The van der Waals surface area contributed by atoms with Crippen molar-refractivity contribution < 1.29 is 4.79 Å². The minimum atomic E-state index is -0.0719. The largest absolute Gasteiger partial charge is 0.333 e. The molecule has 1 fully saturated rings. The van der Waals surface area contributed by atoms with Gasteiger partial charge in [0.1, 0.15) is 0 Å². The van der Waals surface area contributed by atoms with Crippen molar-refractivity contribution in [3.63, 3.8) is 0 Å². The van der Waals surface area contributed by atoms with Gasteiger partial charge in [-0.05, 0) is 42.7 Å². The van der Waals surface area contributed by atoms with Crippen LogP contribution in [0.3, 0.4) is 0 Å². The predicted molar refractivity (Wildman–Crippen MR) is 119 cm³/mol. The number of benzene rings is 3. The Morgan fingerprint density at radius 1 is 0.862 bits per heavy atom. The fourth-order valence-electron chi connectivity index (χ4n) is 3.86. The number of likely N-dealkylation sites (tertiary alicyclic amines) is 1. The van der Waals surface area contributed by atoms with Crippen molar-refractivity contribution in [1.82, 2.24) is 10.2 Å². The van der Waals surface area contributed by atoms with E-state index < -0.39 is 0 Å². The highest BCUT2D eigenvalue weighted by Gasteiger charge is 2.26. The van der Waals surface area contributed by atoms with Gasteiger partial charge in [0.15, 0.2) is 0 Å². The van der Waals surface area contributed by atoms with E-state index in [1.807, 2.05) is 60.7 Å². The van der Waals surface area contributed by atoms with Crippen molar-refractivity contribution in [3.8, 4) is 0 Å². The number of hydrogen-bond donors (Lipinski definition) is 1. The molecular formula is C25H27N3O. The standard InChI is InChI=1S/C25H27N3O/c29-25(28(23-12-6-2-7-13-23)24-14-8-3-9-15-24)26-22-17-19-27(20-22)18-16-21-10-4-1-5-11-21/h1-15,22H,16-20H2,(H,26,29). The zero-order valence-corrected chi connectivity index (χ0v) is 16.6. The second kappa shape index (κ2) is 9.39. The van der Waals surface area contributed by atoms with Crippen LogP contribution in [0.1, 0.15) is 12.0 Å². The topological polar surface area (TPSA) is 35.6 Å². The molecular weight excluding hydrogens is 358 g/mol. The average Bonchev–Trinajstić information content (AvgIpc) is 3.22. The Morgan fingerprint density at radius 2 is 1.41 bits per heavy atom. The molecule has 1 unspecified atom stereocenters. The van der Waals surface area contributed by atoms with Crippen LogP contribution in [0.5, 0.6) is 0 Å². The second-order valence-corrected chi connectivity index (χ2v) is 7.48. The van der Waals surface area contributed by atoms with Gasteiger partial charge in [0.2, 0.25) is 0 Å². The van der Waals surface area contributed by atoms with Gasteiger partial charge in [-0.15, -0.1) is 0 Å². The lowest BCUT2D eigenvalue weighted by Crippen LogP contribution is -2.44. The van der Waals surface area contributed by atoms with Gasteiger partial charge in [-0.2, -0.15) is 0 Å². The number of hydrogen-bond acceptors (Lipinski definition) is 2. The van der Waals surface area contributed by atoms with Gasteiger partial charge in [0.25, 0.3) is 0 Å². The lowest BCUT2D eigenvalue weighted by atomic mass is 10.1. The number of carbonyl (C=O) groups excluding carboxylic acids is 1. The van der Waals surface area contributed by atoms with E-state index in [2.05, 4.69) is 40.5 Å². The summed E-state index contributed by atoms with van der Waals surface area (Å²) in [4.78, 5) is 17.4. The van der Waals surface area contributed by atoms with Crippen LogP contribution in [0.4, 0.5) is 16.2 Å². The van der Waals surface area contributed by atoms with Crippen LogP contribution in [-0.4, -0.2) is 36.6 Å². The van der Waals surface area contributed by atoms with Gasteiger partial charge in [-0.3, -0.25) is 4.90 Å². The van der Waals surface area contributed by atoms with Gasteiger partial charge in [-0.25, -0.2) is 4.79 Å². The molecule has 1 saturated heterocycles. The summed E-state index contributed by atoms with van der Waals surface area (Å²) >= 11 is 0. The first-order chi connectivity index (χ1) is 14.3. The van der Waals surface area contributed by atoms with Crippen LogP contribution < -0.4 is 10.2 Å². The Labute approximate surface area is 172 Å². The fraction of sp³-hybridized carbons (Fsp3) is 0.240. The van der Waals surface area contributed by atoms with E-state index in [4.69, 9.17) is 0 Å². The Kier molecular flexibility index (Phi) is 6.22. The molecule has 148 valence electrons. The molecule has 1 heterocycles. The maximum absolute atomic E-state index is 13.2. The Hall–Kier alpha value is -3.11. The van der Waals surface area contributed by atoms with Crippen LogP contribution in [-0.2, 0) is 6.42 Å². The minimum absolute atomic E-state index is 0.0719. The minimum Gasteiger partial charge on any atom is -0.333 e. The van der Waals surface area contributed by atoms with E-state index >= 15 is 0 Å². The van der Waals surface area contributed by atoms with Crippen LogP contribution >= 0.6 is 0 Å². The SMILES string of the molecule is O=C(NC1CCN(CCc2ccccc2)C1)N(c1ccccc1)c1ccccc1. The molecule has 0 aliphatic carbocycles. The summed E-state index contributed by atoms with van der Waals surface area (Å²) < 4.78 is 0.